The number of aryl methyl sites for hydroxylation is 1. The van der Waals surface area contributed by atoms with Crippen molar-refractivity contribution in [3.8, 4) is 16.6 Å². The third kappa shape index (κ3) is 2.45. The molecule has 1 N–H and O–H groups in total. The van der Waals surface area contributed by atoms with Crippen LogP contribution in [0.4, 0.5) is 8.78 Å². The Kier molecular flexibility index (Phi) is 3.58. The van der Waals surface area contributed by atoms with E-state index in [-0.39, 0.29) is 16.7 Å². The Bertz CT molecular complexity index is 1000. The Balaban J connectivity index is 2.28. The van der Waals surface area contributed by atoms with Crippen molar-refractivity contribution in [2.24, 2.45) is 0 Å². The molecule has 3 aromatic rings. The molecule has 3 rings (SSSR count). The zero-order valence-electron chi connectivity index (χ0n) is 12.0. The normalized spacial score (nSPS) is 10.7. The van der Waals surface area contributed by atoms with Gasteiger partial charge < -0.3 is 5.11 Å². The van der Waals surface area contributed by atoms with E-state index < -0.39 is 11.6 Å². The summed E-state index contributed by atoms with van der Waals surface area (Å²) in [5.41, 5.74) is 1.24. The highest BCUT2D eigenvalue weighted by Crippen LogP contribution is 2.34. The van der Waals surface area contributed by atoms with Crippen molar-refractivity contribution < 1.29 is 13.9 Å². The van der Waals surface area contributed by atoms with Gasteiger partial charge in [-0.1, -0.05) is 12.6 Å². The SMILES string of the molecule is C=C(O)c1sc(-c2cc(C#N)c3c(F)c(F)ccc3c2)nc1C. The summed E-state index contributed by atoms with van der Waals surface area (Å²) in [5, 5.41) is 19.7. The molecule has 0 fully saturated rings. The number of aliphatic hydroxyl groups is 1. The summed E-state index contributed by atoms with van der Waals surface area (Å²) in [6, 6.07) is 7.45. The molecule has 0 amide bonds. The predicted molar refractivity (Wildman–Crippen MR) is 86.1 cm³/mol. The average Bonchev–Trinajstić information content (AvgIpc) is 2.92. The molecule has 0 spiro atoms. The van der Waals surface area contributed by atoms with Crippen LogP contribution in [0.5, 0.6) is 0 Å². The van der Waals surface area contributed by atoms with Crippen LogP contribution in [0.25, 0.3) is 27.1 Å². The molecule has 3 nitrogen and oxygen atoms in total. The molecule has 0 radical (unpaired) electrons. The number of aliphatic hydroxyl groups excluding tert-OH is 1. The first-order valence-corrected chi connectivity index (χ1v) is 7.42. The summed E-state index contributed by atoms with van der Waals surface area (Å²) in [5.74, 6) is -2.11. The fraction of sp³-hybridized carbons (Fsp3) is 0.0588. The van der Waals surface area contributed by atoms with Gasteiger partial charge in [0, 0.05) is 10.9 Å². The molecule has 0 atom stereocenters. The summed E-state index contributed by atoms with van der Waals surface area (Å²) in [6.45, 7) is 5.21. The molecule has 0 bridgehead atoms. The van der Waals surface area contributed by atoms with Crippen molar-refractivity contribution in [3.05, 3.63) is 58.6 Å². The minimum absolute atomic E-state index is 0.0340. The fourth-order valence-electron chi connectivity index (χ4n) is 2.40. The Hall–Kier alpha value is -2.78. The van der Waals surface area contributed by atoms with E-state index in [1.807, 2.05) is 6.07 Å². The van der Waals surface area contributed by atoms with Crippen LogP contribution in [0.15, 0.2) is 30.8 Å². The lowest BCUT2D eigenvalue weighted by Gasteiger charge is -2.05. The number of hydrogen-bond donors (Lipinski definition) is 1. The molecule has 2 aromatic carbocycles. The van der Waals surface area contributed by atoms with Crippen molar-refractivity contribution in [1.82, 2.24) is 4.98 Å². The van der Waals surface area contributed by atoms with Crippen molar-refractivity contribution in [1.29, 1.82) is 5.26 Å². The van der Waals surface area contributed by atoms with Crippen LogP contribution in [-0.2, 0) is 0 Å². The van der Waals surface area contributed by atoms with E-state index in [1.165, 1.54) is 23.5 Å². The molecular weight excluding hydrogens is 318 g/mol. The summed E-state index contributed by atoms with van der Waals surface area (Å²) >= 11 is 1.22. The molecule has 1 heterocycles. The molecule has 0 aliphatic heterocycles. The van der Waals surface area contributed by atoms with E-state index in [0.717, 1.165) is 6.07 Å². The number of thiazole rings is 1. The van der Waals surface area contributed by atoms with E-state index in [0.29, 0.717) is 26.5 Å². The quantitative estimate of drug-likeness (QED) is 0.677. The van der Waals surface area contributed by atoms with Crippen molar-refractivity contribution in [2.75, 3.05) is 0 Å². The fourth-order valence-corrected chi connectivity index (χ4v) is 3.32. The smallest absolute Gasteiger partial charge is 0.167 e. The van der Waals surface area contributed by atoms with E-state index in [9.17, 15) is 19.1 Å². The Labute approximate surface area is 134 Å². The maximum absolute atomic E-state index is 14.0. The van der Waals surface area contributed by atoms with Gasteiger partial charge in [0.1, 0.15) is 10.8 Å². The lowest BCUT2D eigenvalue weighted by atomic mass is 10.0. The van der Waals surface area contributed by atoms with Gasteiger partial charge in [-0.25, -0.2) is 13.8 Å². The summed E-state index contributed by atoms with van der Waals surface area (Å²) < 4.78 is 27.4. The van der Waals surface area contributed by atoms with Gasteiger partial charge in [0.25, 0.3) is 0 Å². The zero-order valence-corrected chi connectivity index (χ0v) is 12.8. The molecule has 0 aliphatic rings. The Morgan fingerprint density at radius 3 is 2.70 bits per heavy atom. The van der Waals surface area contributed by atoms with Gasteiger partial charge >= 0.3 is 0 Å². The predicted octanol–water partition coefficient (Wildman–Crippen LogP) is 4.95. The van der Waals surface area contributed by atoms with Gasteiger partial charge in [-0.2, -0.15) is 5.26 Å². The summed E-state index contributed by atoms with van der Waals surface area (Å²) in [7, 11) is 0. The second-order valence-electron chi connectivity index (χ2n) is 4.98. The molecule has 0 saturated carbocycles. The minimum Gasteiger partial charge on any atom is -0.507 e. The van der Waals surface area contributed by atoms with Crippen molar-refractivity contribution in [3.63, 3.8) is 0 Å². The standard InChI is InChI=1S/C17H10F2N2OS/c1-8-16(9(2)22)23-17(21-8)11-5-10-3-4-13(18)15(19)14(10)12(6-11)7-20/h3-6,22H,2H2,1H3. The Morgan fingerprint density at radius 1 is 1.35 bits per heavy atom. The van der Waals surface area contributed by atoms with Crippen molar-refractivity contribution >= 4 is 27.9 Å². The van der Waals surface area contributed by atoms with E-state index in [1.54, 1.807) is 13.0 Å². The van der Waals surface area contributed by atoms with Gasteiger partial charge in [-0.15, -0.1) is 11.3 Å². The lowest BCUT2D eigenvalue weighted by molar-refractivity contribution is 0.515. The number of nitriles is 1. The third-order valence-electron chi connectivity index (χ3n) is 3.43. The molecule has 0 unspecified atom stereocenters. The largest absolute Gasteiger partial charge is 0.507 e. The van der Waals surface area contributed by atoms with Gasteiger partial charge in [-0.3, -0.25) is 0 Å². The molecular formula is C17H10F2N2OS. The maximum Gasteiger partial charge on any atom is 0.167 e. The summed E-state index contributed by atoms with van der Waals surface area (Å²) in [4.78, 5) is 4.89. The monoisotopic (exact) mass is 328 g/mol. The zero-order chi connectivity index (χ0) is 16.7. The lowest BCUT2D eigenvalue weighted by Crippen LogP contribution is -1.91. The van der Waals surface area contributed by atoms with Gasteiger partial charge in [0.05, 0.1) is 22.2 Å². The van der Waals surface area contributed by atoms with Gasteiger partial charge in [0.15, 0.2) is 11.6 Å². The highest BCUT2D eigenvalue weighted by atomic mass is 32.1. The summed E-state index contributed by atoms with van der Waals surface area (Å²) in [6.07, 6.45) is 0. The van der Waals surface area contributed by atoms with E-state index in [2.05, 4.69) is 11.6 Å². The van der Waals surface area contributed by atoms with E-state index in [4.69, 9.17) is 0 Å². The number of fused-ring (bicyclic) bond motifs is 1. The maximum atomic E-state index is 14.0. The number of benzene rings is 2. The van der Waals surface area contributed by atoms with Gasteiger partial charge in [0.2, 0.25) is 0 Å². The second-order valence-corrected chi connectivity index (χ2v) is 5.97. The first-order chi connectivity index (χ1) is 10.9. The van der Waals surface area contributed by atoms with Crippen LogP contribution in [0.2, 0.25) is 0 Å². The molecule has 1 aromatic heterocycles. The van der Waals surface area contributed by atoms with Crippen molar-refractivity contribution in [2.45, 2.75) is 6.92 Å². The number of rotatable bonds is 2. The first-order valence-electron chi connectivity index (χ1n) is 6.60. The molecule has 0 aliphatic carbocycles. The van der Waals surface area contributed by atoms with Crippen LogP contribution >= 0.6 is 11.3 Å². The topological polar surface area (TPSA) is 56.9 Å². The minimum atomic E-state index is -1.04. The van der Waals surface area contributed by atoms with Crippen LogP contribution < -0.4 is 0 Å². The number of aromatic nitrogens is 1. The average molecular weight is 328 g/mol. The molecule has 6 heteroatoms. The third-order valence-corrected chi connectivity index (χ3v) is 4.69. The van der Waals surface area contributed by atoms with Gasteiger partial charge in [-0.05, 0) is 30.5 Å². The number of nitrogens with zero attached hydrogens (tertiary/aromatic N) is 2. The Morgan fingerprint density at radius 2 is 2.09 bits per heavy atom. The molecule has 114 valence electrons. The highest BCUT2D eigenvalue weighted by molar-refractivity contribution is 7.16. The highest BCUT2D eigenvalue weighted by Gasteiger charge is 2.16. The molecule has 0 saturated heterocycles. The van der Waals surface area contributed by atoms with Crippen LogP contribution in [0.1, 0.15) is 16.1 Å². The molecule has 23 heavy (non-hydrogen) atoms. The first kappa shape index (κ1) is 15.1. The van der Waals surface area contributed by atoms with Crippen LogP contribution in [0.3, 0.4) is 0 Å². The van der Waals surface area contributed by atoms with E-state index >= 15 is 0 Å². The van der Waals surface area contributed by atoms with Crippen LogP contribution in [0, 0.1) is 29.9 Å². The number of halogens is 2. The van der Waals surface area contributed by atoms with Crippen LogP contribution in [-0.4, -0.2) is 10.1 Å². The second kappa shape index (κ2) is 5.45. The number of hydrogen-bond acceptors (Lipinski definition) is 4.